The van der Waals surface area contributed by atoms with E-state index in [-0.39, 0.29) is 11.2 Å². The monoisotopic (exact) mass is 268 g/mol. The van der Waals surface area contributed by atoms with Crippen molar-refractivity contribution in [2.75, 3.05) is 11.2 Å². The van der Waals surface area contributed by atoms with Gasteiger partial charge in [0.05, 0.1) is 16.0 Å². The van der Waals surface area contributed by atoms with Crippen LogP contribution in [-0.2, 0) is 0 Å². The number of hydrogen-bond acceptors (Lipinski definition) is 4. The molecule has 0 fully saturated rings. The number of nitrogens with one attached hydrogen (secondary N) is 2. The Kier molecular flexibility index (Phi) is 3.13. The highest BCUT2D eigenvalue weighted by Crippen LogP contribution is 2.22. The normalized spacial score (nSPS) is 11.7. The van der Waals surface area contributed by atoms with E-state index in [0.717, 1.165) is 0 Å². The van der Waals surface area contributed by atoms with E-state index in [1.807, 2.05) is 13.8 Å². The van der Waals surface area contributed by atoms with Crippen molar-refractivity contribution in [1.29, 1.82) is 0 Å². The van der Waals surface area contributed by atoms with E-state index in [2.05, 4.69) is 15.3 Å². The second kappa shape index (κ2) is 4.45. The number of fused-ring (bicyclic) bond motifs is 1. The number of rotatable bonds is 4. The number of halogens is 1. The lowest BCUT2D eigenvalue weighted by molar-refractivity contribution is -0.384. The average molecular weight is 269 g/mol. The zero-order chi connectivity index (χ0) is 13.3. The van der Waals surface area contributed by atoms with Crippen molar-refractivity contribution in [2.45, 2.75) is 19.4 Å². The van der Waals surface area contributed by atoms with Crippen LogP contribution in [0.4, 0.5) is 11.6 Å². The number of benzene rings is 1. The van der Waals surface area contributed by atoms with Gasteiger partial charge in [-0.3, -0.25) is 10.1 Å². The Morgan fingerprint density at radius 2 is 2.28 bits per heavy atom. The largest absolute Gasteiger partial charge is 0.350 e. The van der Waals surface area contributed by atoms with Crippen molar-refractivity contribution >= 4 is 34.3 Å². The highest BCUT2D eigenvalue weighted by molar-refractivity contribution is 6.18. The van der Waals surface area contributed by atoms with Crippen molar-refractivity contribution in [3.05, 3.63) is 28.3 Å². The number of aromatic nitrogens is 2. The summed E-state index contributed by atoms with van der Waals surface area (Å²) in [5.74, 6) is 0.973. The predicted molar refractivity (Wildman–Crippen MR) is 71.2 cm³/mol. The van der Waals surface area contributed by atoms with E-state index in [0.29, 0.717) is 22.9 Å². The molecule has 96 valence electrons. The summed E-state index contributed by atoms with van der Waals surface area (Å²) in [5, 5.41) is 13.8. The van der Waals surface area contributed by atoms with Gasteiger partial charge in [-0.25, -0.2) is 4.98 Å². The third-order valence-corrected chi connectivity index (χ3v) is 3.14. The number of anilines is 1. The van der Waals surface area contributed by atoms with Crippen LogP contribution in [0.3, 0.4) is 0 Å². The van der Waals surface area contributed by atoms with Crippen LogP contribution in [0.15, 0.2) is 18.2 Å². The van der Waals surface area contributed by atoms with Gasteiger partial charge in [0.2, 0.25) is 5.95 Å². The quantitative estimate of drug-likeness (QED) is 0.507. The van der Waals surface area contributed by atoms with E-state index in [1.165, 1.54) is 12.1 Å². The van der Waals surface area contributed by atoms with E-state index in [4.69, 9.17) is 11.6 Å². The van der Waals surface area contributed by atoms with Crippen LogP contribution in [0.1, 0.15) is 13.8 Å². The van der Waals surface area contributed by atoms with Gasteiger partial charge in [0.15, 0.2) is 0 Å². The first kappa shape index (κ1) is 12.6. The van der Waals surface area contributed by atoms with Crippen molar-refractivity contribution in [1.82, 2.24) is 9.97 Å². The van der Waals surface area contributed by atoms with Gasteiger partial charge in [0.1, 0.15) is 0 Å². The summed E-state index contributed by atoms with van der Waals surface area (Å²) in [4.78, 5) is 17.5. The Bertz CT molecular complexity index is 594. The summed E-state index contributed by atoms with van der Waals surface area (Å²) >= 11 is 5.82. The number of non-ortho nitro benzene ring substituents is 1. The Labute approximate surface area is 109 Å². The lowest BCUT2D eigenvalue weighted by Gasteiger charge is -2.22. The number of nitrogens with zero attached hydrogens (tertiary/aromatic N) is 2. The second-order valence-electron chi connectivity index (χ2n) is 4.69. The molecule has 1 aromatic carbocycles. The SMILES string of the molecule is CC(C)(CCl)Nc1nc2ccc([N+](=O)[O-])cc2[nH]1. The molecular weight excluding hydrogens is 256 g/mol. The van der Waals surface area contributed by atoms with E-state index < -0.39 is 4.92 Å². The number of aromatic amines is 1. The van der Waals surface area contributed by atoms with Crippen molar-refractivity contribution in [3.63, 3.8) is 0 Å². The maximum absolute atomic E-state index is 10.7. The van der Waals surface area contributed by atoms with Crippen LogP contribution >= 0.6 is 11.6 Å². The van der Waals surface area contributed by atoms with Gasteiger partial charge in [-0.1, -0.05) is 0 Å². The minimum absolute atomic E-state index is 0.0364. The van der Waals surface area contributed by atoms with Crippen molar-refractivity contribution in [2.24, 2.45) is 0 Å². The van der Waals surface area contributed by atoms with Gasteiger partial charge in [0.25, 0.3) is 5.69 Å². The standard InChI is InChI=1S/C11H13ClN4O2/c1-11(2,6-12)15-10-13-8-4-3-7(16(17)18)5-9(8)14-10/h3-5H,6H2,1-2H3,(H2,13,14,15). The molecule has 18 heavy (non-hydrogen) atoms. The molecule has 0 amide bonds. The molecule has 0 radical (unpaired) electrons. The molecule has 2 aromatic rings. The summed E-state index contributed by atoms with van der Waals surface area (Å²) in [6.45, 7) is 3.88. The van der Waals surface area contributed by atoms with Crippen LogP contribution in [-0.4, -0.2) is 26.3 Å². The molecule has 1 aromatic heterocycles. The first-order chi connectivity index (χ1) is 8.41. The first-order valence-corrected chi connectivity index (χ1v) is 5.93. The molecule has 0 aliphatic rings. The Balaban J connectivity index is 2.35. The summed E-state index contributed by atoms with van der Waals surface area (Å²) < 4.78 is 0. The Hall–Kier alpha value is -1.82. The molecule has 1 heterocycles. The van der Waals surface area contributed by atoms with E-state index >= 15 is 0 Å². The highest BCUT2D eigenvalue weighted by atomic mass is 35.5. The highest BCUT2D eigenvalue weighted by Gasteiger charge is 2.18. The fourth-order valence-electron chi connectivity index (χ4n) is 1.52. The summed E-state index contributed by atoms with van der Waals surface area (Å²) in [5.41, 5.74) is 1.03. The maximum atomic E-state index is 10.7. The van der Waals surface area contributed by atoms with E-state index in [1.54, 1.807) is 6.07 Å². The third-order valence-electron chi connectivity index (χ3n) is 2.47. The molecule has 0 aliphatic carbocycles. The molecule has 6 nitrogen and oxygen atoms in total. The zero-order valence-corrected chi connectivity index (χ0v) is 10.8. The lowest BCUT2D eigenvalue weighted by Crippen LogP contribution is -2.33. The molecule has 2 N–H and O–H groups in total. The van der Waals surface area contributed by atoms with Crippen molar-refractivity contribution < 1.29 is 4.92 Å². The van der Waals surface area contributed by atoms with Crippen LogP contribution in [0.2, 0.25) is 0 Å². The second-order valence-corrected chi connectivity index (χ2v) is 4.95. The molecule has 0 saturated carbocycles. The number of imidazole rings is 1. The summed E-state index contributed by atoms with van der Waals surface area (Å²) in [6.07, 6.45) is 0. The number of alkyl halides is 1. The Morgan fingerprint density at radius 3 is 2.89 bits per heavy atom. The molecule has 7 heteroatoms. The van der Waals surface area contributed by atoms with Crippen LogP contribution in [0, 0.1) is 10.1 Å². The third kappa shape index (κ3) is 2.53. The van der Waals surface area contributed by atoms with Crippen LogP contribution in [0.5, 0.6) is 0 Å². The van der Waals surface area contributed by atoms with Crippen LogP contribution < -0.4 is 5.32 Å². The number of nitro benzene ring substituents is 1. The molecule has 0 spiro atoms. The Morgan fingerprint density at radius 1 is 1.56 bits per heavy atom. The molecule has 0 atom stereocenters. The summed E-state index contributed by atoms with van der Waals surface area (Å²) in [6, 6.07) is 4.50. The van der Waals surface area contributed by atoms with Gasteiger partial charge in [0, 0.05) is 23.6 Å². The minimum Gasteiger partial charge on any atom is -0.350 e. The molecule has 2 rings (SSSR count). The first-order valence-electron chi connectivity index (χ1n) is 5.39. The fourth-order valence-corrected chi connectivity index (χ4v) is 1.59. The molecule has 0 unspecified atom stereocenters. The van der Waals surface area contributed by atoms with E-state index in [9.17, 15) is 10.1 Å². The summed E-state index contributed by atoms with van der Waals surface area (Å²) in [7, 11) is 0. The minimum atomic E-state index is -0.434. The van der Waals surface area contributed by atoms with Gasteiger partial charge < -0.3 is 10.3 Å². The van der Waals surface area contributed by atoms with Gasteiger partial charge in [-0.2, -0.15) is 0 Å². The number of H-pyrrole nitrogens is 1. The zero-order valence-electron chi connectivity index (χ0n) is 10.0. The maximum Gasteiger partial charge on any atom is 0.271 e. The number of hydrogen-bond donors (Lipinski definition) is 2. The average Bonchev–Trinajstić information content (AvgIpc) is 2.68. The van der Waals surface area contributed by atoms with Crippen molar-refractivity contribution in [3.8, 4) is 0 Å². The molecule has 0 saturated heterocycles. The number of nitro groups is 1. The smallest absolute Gasteiger partial charge is 0.271 e. The van der Waals surface area contributed by atoms with Gasteiger partial charge in [-0.15, -0.1) is 11.6 Å². The molecule has 0 bridgehead atoms. The van der Waals surface area contributed by atoms with Gasteiger partial charge >= 0.3 is 0 Å². The van der Waals surface area contributed by atoms with Gasteiger partial charge in [-0.05, 0) is 19.9 Å². The molecule has 0 aliphatic heterocycles. The fraction of sp³-hybridized carbons (Fsp3) is 0.364. The van der Waals surface area contributed by atoms with Crippen LogP contribution in [0.25, 0.3) is 11.0 Å². The predicted octanol–water partition coefficient (Wildman–Crippen LogP) is 2.90. The topological polar surface area (TPSA) is 83.8 Å². The molecular formula is C11H13ClN4O2. The lowest BCUT2D eigenvalue weighted by atomic mass is 10.1.